The SMILES string of the molecule is CCC(CC)c1cc(-c2cnc(N)c(-c3cc(-c4ccc(CNC)cc4F)no3)n2)c[nH]c1=O. The van der Waals surface area contributed by atoms with Gasteiger partial charge in [-0.05, 0) is 49.6 Å². The Morgan fingerprint density at radius 2 is 1.97 bits per heavy atom. The minimum absolute atomic E-state index is 0.108. The number of nitrogen functional groups attached to an aromatic ring is 1. The van der Waals surface area contributed by atoms with Gasteiger partial charge in [-0.1, -0.05) is 25.1 Å². The molecule has 8 nitrogen and oxygen atoms in total. The van der Waals surface area contributed by atoms with Crippen LogP contribution >= 0.6 is 0 Å². The molecule has 0 aliphatic rings. The summed E-state index contributed by atoms with van der Waals surface area (Å²) in [4.78, 5) is 24.0. The van der Waals surface area contributed by atoms with Crippen LogP contribution in [-0.4, -0.2) is 27.2 Å². The molecule has 4 rings (SSSR count). The first-order chi connectivity index (χ1) is 16.4. The molecule has 0 bridgehead atoms. The number of hydrogen-bond acceptors (Lipinski definition) is 7. The lowest BCUT2D eigenvalue weighted by molar-refractivity contribution is 0.433. The van der Waals surface area contributed by atoms with E-state index in [9.17, 15) is 9.18 Å². The van der Waals surface area contributed by atoms with Gasteiger partial charge in [-0.2, -0.15) is 0 Å². The van der Waals surface area contributed by atoms with E-state index in [2.05, 4.69) is 39.3 Å². The van der Waals surface area contributed by atoms with Crippen LogP contribution in [0, 0.1) is 5.82 Å². The van der Waals surface area contributed by atoms with Gasteiger partial charge in [-0.15, -0.1) is 0 Å². The van der Waals surface area contributed by atoms with Crippen LogP contribution in [0.4, 0.5) is 10.2 Å². The number of nitrogens with two attached hydrogens (primary N) is 1. The molecule has 0 saturated carbocycles. The summed E-state index contributed by atoms with van der Waals surface area (Å²) in [6.45, 7) is 4.67. The lowest BCUT2D eigenvalue weighted by Gasteiger charge is -2.13. The summed E-state index contributed by atoms with van der Waals surface area (Å²) in [7, 11) is 1.80. The van der Waals surface area contributed by atoms with Crippen molar-refractivity contribution in [2.75, 3.05) is 12.8 Å². The standard InChI is InChI=1S/C25H27FN6O2/c1-4-15(5-2)18-9-16(12-30-25(18)33)21-13-29-24(27)23(31-21)22-10-20(32-34-22)17-7-6-14(11-28-3)8-19(17)26/h6-10,12-13,15,28H,4-5,11H2,1-3H3,(H2,27,29)(H,30,33). The highest BCUT2D eigenvalue weighted by Crippen LogP contribution is 2.31. The zero-order valence-electron chi connectivity index (χ0n) is 19.4. The lowest BCUT2D eigenvalue weighted by atomic mass is 9.94. The molecule has 0 spiro atoms. The van der Waals surface area contributed by atoms with E-state index in [-0.39, 0.29) is 23.1 Å². The fourth-order valence-electron chi connectivity index (χ4n) is 3.99. The van der Waals surface area contributed by atoms with Crippen molar-refractivity contribution in [3.8, 4) is 34.0 Å². The van der Waals surface area contributed by atoms with Gasteiger partial charge in [0.1, 0.15) is 11.5 Å². The van der Waals surface area contributed by atoms with Gasteiger partial charge in [0, 0.05) is 35.5 Å². The van der Waals surface area contributed by atoms with E-state index in [0.717, 1.165) is 18.4 Å². The lowest BCUT2D eigenvalue weighted by Crippen LogP contribution is -2.15. The molecule has 9 heteroatoms. The molecule has 3 aromatic heterocycles. The molecule has 0 saturated heterocycles. The number of aromatic amines is 1. The van der Waals surface area contributed by atoms with Crippen LogP contribution in [0.1, 0.15) is 43.7 Å². The van der Waals surface area contributed by atoms with Crippen molar-refractivity contribution in [2.45, 2.75) is 39.2 Å². The first kappa shape index (κ1) is 23.3. The zero-order chi connectivity index (χ0) is 24.2. The Morgan fingerprint density at radius 1 is 1.18 bits per heavy atom. The molecule has 176 valence electrons. The Kier molecular flexibility index (Phi) is 6.83. The van der Waals surface area contributed by atoms with Crippen molar-refractivity contribution in [3.63, 3.8) is 0 Å². The molecule has 0 aliphatic heterocycles. The highest BCUT2D eigenvalue weighted by atomic mass is 19.1. The molecule has 0 fully saturated rings. The summed E-state index contributed by atoms with van der Waals surface area (Å²) < 4.78 is 20.1. The molecule has 0 amide bonds. The summed E-state index contributed by atoms with van der Waals surface area (Å²) in [5, 5.41) is 7.00. The molecule has 0 radical (unpaired) electrons. The topological polar surface area (TPSA) is 123 Å². The van der Waals surface area contributed by atoms with E-state index in [1.807, 2.05) is 12.1 Å². The number of pyridine rings is 1. The molecular formula is C25H27FN6O2. The van der Waals surface area contributed by atoms with Gasteiger partial charge in [0.05, 0.1) is 11.9 Å². The van der Waals surface area contributed by atoms with E-state index in [1.54, 1.807) is 31.6 Å². The smallest absolute Gasteiger partial charge is 0.251 e. The van der Waals surface area contributed by atoms with E-state index < -0.39 is 5.82 Å². The Balaban J connectivity index is 1.70. The van der Waals surface area contributed by atoms with Crippen LogP contribution in [0.2, 0.25) is 0 Å². The number of nitrogens with zero attached hydrogens (tertiary/aromatic N) is 3. The van der Waals surface area contributed by atoms with Crippen LogP contribution in [0.5, 0.6) is 0 Å². The Hall–Kier alpha value is -3.85. The summed E-state index contributed by atoms with van der Waals surface area (Å²) >= 11 is 0. The molecule has 1 aromatic carbocycles. The van der Waals surface area contributed by atoms with Gasteiger partial charge < -0.3 is 20.6 Å². The first-order valence-corrected chi connectivity index (χ1v) is 11.2. The van der Waals surface area contributed by atoms with Crippen molar-refractivity contribution in [1.82, 2.24) is 25.4 Å². The molecular weight excluding hydrogens is 435 g/mol. The van der Waals surface area contributed by atoms with E-state index in [0.29, 0.717) is 40.3 Å². The molecule has 4 N–H and O–H groups in total. The fraction of sp³-hybridized carbons (Fsp3) is 0.280. The molecule has 34 heavy (non-hydrogen) atoms. The Labute approximate surface area is 196 Å². The Morgan fingerprint density at radius 3 is 2.68 bits per heavy atom. The van der Waals surface area contributed by atoms with Gasteiger partial charge in [-0.25, -0.2) is 14.4 Å². The van der Waals surface area contributed by atoms with Crippen molar-refractivity contribution in [3.05, 3.63) is 70.0 Å². The summed E-state index contributed by atoms with van der Waals surface area (Å²) in [5.74, 6) is 0.171. The summed E-state index contributed by atoms with van der Waals surface area (Å²) in [5.41, 5.74) is 9.66. The van der Waals surface area contributed by atoms with E-state index in [1.165, 1.54) is 6.07 Å². The number of halogens is 1. The van der Waals surface area contributed by atoms with Crippen molar-refractivity contribution in [2.24, 2.45) is 0 Å². The summed E-state index contributed by atoms with van der Waals surface area (Å²) in [6, 6.07) is 8.38. The normalized spacial score (nSPS) is 11.3. The molecule has 3 heterocycles. The van der Waals surface area contributed by atoms with Crippen LogP contribution < -0.4 is 16.6 Å². The highest BCUT2D eigenvalue weighted by Gasteiger charge is 2.18. The molecule has 0 aliphatic carbocycles. The second-order valence-electron chi connectivity index (χ2n) is 8.10. The third-order valence-corrected chi connectivity index (χ3v) is 5.89. The second-order valence-corrected chi connectivity index (χ2v) is 8.10. The molecule has 0 unspecified atom stereocenters. The maximum Gasteiger partial charge on any atom is 0.251 e. The maximum absolute atomic E-state index is 14.6. The minimum atomic E-state index is -0.400. The molecule has 0 atom stereocenters. The van der Waals surface area contributed by atoms with Gasteiger partial charge in [0.15, 0.2) is 17.3 Å². The number of anilines is 1. The third-order valence-electron chi connectivity index (χ3n) is 5.89. The average Bonchev–Trinajstić information content (AvgIpc) is 3.31. The fourth-order valence-corrected chi connectivity index (χ4v) is 3.99. The Bertz CT molecular complexity index is 1360. The number of hydrogen-bond donors (Lipinski definition) is 3. The largest absolute Gasteiger partial charge is 0.382 e. The van der Waals surface area contributed by atoms with Crippen LogP contribution in [0.15, 0.2) is 52.0 Å². The van der Waals surface area contributed by atoms with Crippen LogP contribution in [0.25, 0.3) is 34.0 Å². The van der Waals surface area contributed by atoms with Crippen molar-refractivity contribution >= 4 is 5.82 Å². The summed E-state index contributed by atoms with van der Waals surface area (Å²) in [6.07, 6.45) is 4.86. The highest BCUT2D eigenvalue weighted by molar-refractivity contribution is 5.73. The number of H-pyrrole nitrogens is 1. The monoisotopic (exact) mass is 462 g/mol. The molecule has 4 aromatic rings. The van der Waals surface area contributed by atoms with E-state index in [4.69, 9.17) is 10.3 Å². The maximum atomic E-state index is 14.6. The number of nitrogens with one attached hydrogen (secondary N) is 2. The predicted octanol–water partition coefficient (Wildman–Crippen LogP) is 4.50. The van der Waals surface area contributed by atoms with Crippen molar-refractivity contribution in [1.29, 1.82) is 0 Å². The second kappa shape index (κ2) is 9.96. The third kappa shape index (κ3) is 4.60. The van der Waals surface area contributed by atoms with Crippen LogP contribution in [-0.2, 0) is 6.54 Å². The van der Waals surface area contributed by atoms with Gasteiger partial charge in [-0.3, -0.25) is 4.79 Å². The predicted molar refractivity (Wildman–Crippen MR) is 129 cm³/mol. The van der Waals surface area contributed by atoms with Crippen molar-refractivity contribution < 1.29 is 8.91 Å². The first-order valence-electron chi connectivity index (χ1n) is 11.2. The average molecular weight is 463 g/mol. The van der Waals surface area contributed by atoms with Gasteiger partial charge in [0.2, 0.25) is 0 Å². The number of benzene rings is 1. The minimum Gasteiger partial charge on any atom is -0.382 e. The van der Waals surface area contributed by atoms with Gasteiger partial charge in [0.25, 0.3) is 5.56 Å². The number of aromatic nitrogens is 4. The zero-order valence-corrected chi connectivity index (χ0v) is 19.4. The van der Waals surface area contributed by atoms with Crippen LogP contribution in [0.3, 0.4) is 0 Å². The quantitative estimate of drug-likeness (QED) is 0.352. The number of rotatable bonds is 8. The van der Waals surface area contributed by atoms with E-state index >= 15 is 0 Å². The van der Waals surface area contributed by atoms with Gasteiger partial charge >= 0.3 is 0 Å².